The third kappa shape index (κ3) is 2.44. The normalized spacial score (nSPS) is 11.1. The maximum absolute atomic E-state index is 12.6. The largest absolute Gasteiger partial charge is 0.416 e. The Hall–Kier alpha value is -2.89. The van der Waals surface area contributed by atoms with E-state index in [-0.39, 0.29) is 5.69 Å². The molecule has 1 N–H and O–H groups in total. The molecule has 0 amide bonds. The van der Waals surface area contributed by atoms with E-state index in [4.69, 9.17) is 5.26 Å². The monoisotopic (exact) mass is 282 g/mol. The van der Waals surface area contributed by atoms with Gasteiger partial charge in [0.25, 0.3) is 5.56 Å². The lowest BCUT2D eigenvalue weighted by atomic mass is 10.2. The average molecular weight is 282 g/mol. The van der Waals surface area contributed by atoms with Crippen LogP contribution in [0.4, 0.5) is 13.2 Å². The SMILES string of the molecule is N#Cc1nn(-c2cccc(C(F)(F)F)c2)c(=O)[nH]c1=O. The summed E-state index contributed by atoms with van der Waals surface area (Å²) >= 11 is 0. The first-order valence-corrected chi connectivity index (χ1v) is 5.14. The first-order valence-electron chi connectivity index (χ1n) is 5.14. The Labute approximate surface area is 108 Å². The molecule has 6 nitrogen and oxygen atoms in total. The number of aromatic nitrogens is 3. The summed E-state index contributed by atoms with van der Waals surface area (Å²) in [6.07, 6.45) is -4.58. The van der Waals surface area contributed by atoms with Gasteiger partial charge in [-0.05, 0) is 18.2 Å². The van der Waals surface area contributed by atoms with E-state index in [2.05, 4.69) is 5.10 Å². The zero-order valence-electron chi connectivity index (χ0n) is 9.60. The number of rotatable bonds is 1. The molecule has 0 unspecified atom stereocenters. The van der Waals surface area contributed by atoms with Crippen molar-refractivity contribution in [3.05, 3.63) is 56.4 Å². The van der Waals surface area contributed by atoms with Gasteiger partial charge in [0.05, 0.1) is 11.3 Å². The summed E-state index contributed by atoms with van der Waals surface area (Å²) in [5.41, 5.74) is -3.85. The first-order chi connectivity index (χ1) is 9.32. The molecule has 0 radical (unpaired) electrons. The van der Waals surface area contributed by atoms with Crippen molar-refractivity contribution in [1.82, 2.24) is 14.8 Å². The predicted octanol–water partition coefficient (Wildman–Crippen LogP) is 0.811. The van der Waals surface area contributed by atoms with Crippen molar-refractivity contribution < 1.29 is 13.2 Å². The Balaban J connectivity index is 2.67. The lowest BCUT2D eigenvalue weighted by Gasteiger charge is -2.09. The van der Waals surface area contributed by atoms with Gasteiger partial charge in [0.15, 0.2) is 0 Å². The van der Waals surface area contributed by atoms with Crippen molar-refractivity contribution in [2.75, 3.05) is 0 Å². The van der Waals surface area contributed by atoms with Gasteiger partial charge < -0.3 is 0 Å². The smallest absolute Gasteiger partial charge is 0.270 e. The molecule has 0 bridgehead atoms. The van der Waals surface area contributed by atoms with Gasteiger partial charge in [-0.1, -0.05) is 6.07 Å². The van der Waals surface area contributed by atoms with Crippen LogP contribution < -0.4 is 11.2 Å². The summed E-state index contributed by atoms with van der Waals surface area (Å²) in [4.78, 5) is 24.5. The fourth-order valence-electron chi connectivity index (χ4n) is 1.46. The van der Waals surface area contributed by atoms with Crippen LogP contribution in [0.2, 0.25) is 0 Å². The van der Waals surface area contributed by atoms with Crippen LogP contribution in [0, 0.1) is 11.3 Å². The standard InChI is InChI=1S/C11H5F3N4O2/c12-11(13,14)6-2-1-3-7(4-6)18-10(20)16-9(19)8(5-15)17-18/h1-4H,(H,16,19,20). The van der Waals surface area contributed by atoms with Gasteiger partial charge in [0.1, 0.15) is 6.07 Å². The molecule has 1 heterocycles. The molecule has 1 aromatic heterocycles. The average Bonchev–Trinajstić information content (AvgIpc) is 2.38. The minimum Gasteiger partial charge on any atom is -0.270 e. The second-order valence-electron chi connectivity index (χ2n) is 3.68. The van der Waals surface area contributed by atoms with E-state index in [0.717, 1.165) is 12.1 Å². The maximum Gasteiger partial charge on any atom is 0.416 e. The number of nitrogens with zero attached hydrogens (tertiary/aromatic N) is 3. The summed E-state index contributed by atoms with van der Waals surface area (Å²) < 4.78 is 38.3. The summed E-state index contributed by atoms with van der Waals surface area (Å²) in [5, 5.41) is 12.1. The minimum atomic E-state index is -4.58. The number of H-pyrrole nitrogens is 1. The Bertz CT molecular complexity index is 814. The van der Waals surface area contributed by atoms with Gasteiger partial charge in [-0.25, -0.2) is 4.79 Å². The third-order valence-corrected chi connectivity index (χ3v) is 2.35. The van der Waals surface area contributed by atoms with Crippen LogP contribution >= 0.6 is 0 Å². The number of hydrogen-bond acceptors (Lipinski definition) is 4. The second-order valence-corrected chi connectivity index (χ2v) is 3.68. The predicted molar refractivity (Wildman–Crippen MR) is 60.2 cm³/mol. The summed E-state index contributed by atoms with van der Waals surface area (Å²) in [6.45, 7) is 0. The number of benzene rings is 1. The molecular weight excluding hydrogens is 277 g/mol. The summed E-state index contributed by atoms with van der Waals surface area (Å²) in [6, 6.07) is 5.24. The van der Waals surface area contributed by atoms with Gasteiger partial charge in [0.2, 0.25) is 5.69 Å². The number of aromatic amines is 1. The number of alkyl halides is 3. The second kappa shape index (κ2) is 4.65. The first kappa shape index (κ1) is 13.5. The molecule has 0 aliphatic rings. The lowest BCUT2D eigenvalue weighted by molar-refractivity contribution is -0.137. The lowest BCUT2D eigenvalue weighted by Crippen LogP contribution is -2.33. The van der Waals surface area contributed by atoms with Crippen LogP contribution in [0.5, 0.6) is 0 Å². The summed E-state index contributed by atoms with van der Waals surface area (Å²) in [7, 11) is 0. The number of nitrogens with one attached hydrogen (secondary N) is 1. The van der Waals surface area contributed by atoms with Crippen LogP contribution in [0.25, 0.3) is 5.69 Å². The fraction of sp³-hybridized carbons (Fsp3) is 0.0909. The highest BCUT2D eigenvalue weighted by molar-refractivity contribution is 5.36. The molecule has 0 saturated carbocycles. The molecule has 0 spiro atoms. The molecule has 102 valence electrons. The van der Waals surface area contributed by atoms with E-state index in [0.29, 0.717) is 10.7 Å². The van der Waals surface area contributed by atoms with Gasteiger partial charge >= 0.3 is 11.9 Å². The van der Waals surface area contributed by atoms with Crippen molar-refractivity contribution in [3.63, 3.8) is 0 Å². The Kier molecular flexibility index (Phi) is 3.15. The van der Waals surface area contributed by atoms with E-state index in [1.54, 1.807) is 4.98 Å². The molecular formula is C11H5F3N4O2. The molecule has 0 aliphatic carbocycles. The molecule has 0 saturated heterocycles. The number of nitriles is 1. The number of halogens is 3. The van der Waals surface area contributed by atoms with Gasteiger partial charge in [-0.15, -0.1) is 5.10 Å². The molecule has 2 aromatic rings. The van der Waals surface area contributed by atoms with Gasteiger partial charge in [-0.2, -0.15) is 23.1 Å². The van der Waals surface area contributed by atoms with Crippen LogP contribution in [-0.2, 0) is 6.18 Å². The minimum absolute atomic E-state index is 0.211. The Morgan fingerprint density at radius 3 is 2.60 bits per heavy atom. The highest BCUT2D eigenvalue weighted by atomic mass is 19.4. The topological polar surface area (TPSA) is 91.5 Å². The molecule has 2 rings (SSSR count). The Morgan fingerprint density at radius 1 is 1.30 bits per heavy atom. The zero-order chi connectivity index (χ0) is 14.9. The third-order valence-electron chi connectivity index (χ3n) is 2.35. The number of hydrogen-bond donors (Lipinski definition) is 1. The molecule has 0 aliphatic heterocycles. The highest BCUT2D eigenvalue weighted by Crippen LogP contribution is 2.29. The van der Waals surface area contributed by atoms with Crippen LogP contribution in [-0.4, -0.2) is 14.8 Å². The molecule has 9 heteroatoms. The van der Waals surface area contributed by atoms with E-state index in [9.17, 15) is 22.8 Å². The van der Waals surface area contributed by atoms with E-state index >= 15 is 0 Å². The maximum atomic E-state index is 12.6. The summed E-state index contributed by atoms with van der Waals surface area (Å²) in [5.74, 6) is 0. The molecule has 0 atom stereocenters. The molecule has 20 heavy (non-hydrogen) atoms. The highest BCUT2D eigenvalue weighted by Gasteiger charge is 2.30. The van der Waals surface area contributed by atoms with Crippen LogP contribution in [0.15, 0.2) is 33.9 Å². The van der Waals surface area contributed by atoms with Crippen molar-refractivity contribution >= 4 is 0 Å². The van der Waals surface area contributed by atoms with E-state index in [1.165, 1.54) is 12.1 Å². The zero-order valence-corrected chi connectivity index (χ0v) is 9.60. The Morgan fingerprint density at radius 2 is 2.00 bits per heavy atom. The van der Waals surface area contributed by atoms with Crippen molar-refractivity contribution in [2.24, 2.45) is 0 Å². The fourth-order valence-corrected chi connectivity index (χ4v) is 1.46. The van der Waals surface area contributed by atoms with Crippen molar-refractivity contribution in [3.8, 4) is 11.8 Å². The van der Waals surface area contributed by atoms with Crippen LogP contribution in [0.1, 0.15) is 11.3 Å². The molecule has 1 aromatic carbocycles. The van der Waals surface area contributed by atoms with Crippen molar-refractivity contribution in [2.45, 2.75) is 6.18 Å². The quantitative estimate of drug-likeness (QED) is 0.837. The molecule has 0 fully saturated rings. The van der Waals surface area contributed by atoms with Gasteiger partial charge in [-0.3, -0.25) is 9.78 Å². The van der Waals surface area contributed by atoms with E-state index in [1.807, 2.05) is 0 Å². The van der Waals surface area contributed by atoms with Crippen LogP contribution in [0.3, 0.4) is 0 Å². The van der Waals surface area contributed by atoms with Gasteiger partial charge in [0, 0.05) is 0 Å². The van der Waals surface area contributed by atoms with E-state index < -0.39 is 28.7 Å². The van der Waals surface area contributed by atoms with Crippen molar-refractivity contribution in [1.29, 1.82) is 5.26 Å².